The van der Waals surface area contributed by atoms with Crippen molar-refractivity contribution in [3.8, 4) is 0 Å². The van der Waals surface area contributed by atoms with Gasteiger partial charge in [-0.3, -0.25) is 14.3 Å². The van der Waals surface area contributed by atoms with E-state index in [1.807, 2.05) is 121 Å². The van der Waals surface area contributed by atoms with Gasteiger partial charge in [-0.2, -0.15) is 0 Å². The summed E-state index contributed by atoms with van der Waals surface area (Å²) in [4.78, 5) is 27.8. The molecule has 4 atom stereocenters. The molecule has 4 aromatic carbocycles. The summed E-state index contributed by atoms with van der Waals surface area (Å²) in [5, 5.41) is 2.16. The zero-order valence-corrected chi connectivity index (χ0v) is 33.9. The summed E-state index contributed by atoms with van der Waals surface area (Å²) in [6, 6.07) is 39.4. The van der Waals surface area contributed by atoms with E-state index in [2.05, 4.69) is 44.2 Å². The number of nitrogens with one attached hydrogen (secondary N) is 2. The van der Waals surface area contributed by atoms with Gasteiger partial charge in [0.2, 0.25) is 0 Å². The van der Waals surface area contributed by atoms with Crippen LogP contribution in [0.1, 0.15) is 49.3 Å². The molecule has 0 saturated carbocycles. The fourth-order valence-electron chi connectivity index (χ4n) is 6.98. The molecule has 0 radical (unpaired) electrons. The van der Waals surface area contributed by atoms with Crippen LogP contribution in [0.2, 0.25) is 18.1 Å². The van der Waals surface area contributed by atoms with Crippen LogP contribution in [-0.2, 0) is 35.9 Å². The monoisotopic (exact) mass is 781 g/mol. The molecule has 55 heavy (non-hydrogen) atoms. The standard InChI is InChI=1S/C43H51N3O7SSi/c1-42(2,3)55(4,5)52-28-29-54(49,50)39-36(53-40(46-27-26-37(47)45-41(46)48)38(39)44-30-32-18-10-6-11-19-32)31-51-43(33-20-12-7-13-21-33,34-22-14-8-15-23-34)35-24-16-9-17-25-35/h6-27,36,38-40,44H,28-31H2,1-5H3,(H,45,47,48)/t36-,38-,39+,40-/m1/s1. The van der Waals surface area contributed by atoms with Crippen LogP contribution in [0.5, 0.6) is 0 Å². The van der Waals surface area contributed by atoms with Gasteiger partial charge in [-0.05, 0) is 40.4 Å². The zero-order valence-electron chi connectivity index (χ0n) is 32.1. The third-order valence-electron chi connectivity index (χ3n) is 10.9. The summed E-state index contributed by atoms with van der Waals surface area (Å²) in [6.07, 6.45) is -0.813. The molecule has 12 heteroatoms. The second kappa shape index (κ2) is 16.7. The predicted molar refractivity (Wildman–Crippen MR) is 218 cm³/mol. The number of H-pyrrole nitrogens is 1. The van der Waals surface area contributed by atoms with Gasteiger partial charge in [0.15, 0.2) is 24.4 Å². The smallest absolute Gasteiger partial charge is 0.330 e. The lowest BCUT2D eigenvalue weighted by Gasteiger charge is -2.37. The molecule has 1 fully saturated rings. The molecule has 0 spiro atoms. The molecule has 0 amide bonds. The highest BCUT2D eigenvalue weighted by Gasteiger charge is 2.53. The lowest BCUT2D eigenvalue weighted by molar-refractivity contribution is -0.0789. The SMILES string of the molecule is CC(C)(C)[Si](C)(C)OCCS(=O)(=O)[C@@H]1[C@@H](NCc2ccccc2)[C@H](n2ccc(=O)[nH]c2=O)O[C@@H]1COC(c1ccccc1)(c1ccccc1)c1ccccc1. The first-order valence-electron chi connectivity index (χ1n) is 18.6. The van der Waals surface area contributed by atoms with Crippen LogP contribution < -0.4 is 16.6 Å². The molecule has 6 rings (SSSR count). The molecule has 0 bridgehead atoms. The van der Waals surface area contributed by atoms with Gasteiger partial charge in [-0.25, -0.2) is 13.2 Å². The van der Waals surface area contributed by atoms with Crippen molar-refractivity contribution in [1.82, 2.24) is 14.9 Å². The number of hydrogen-bond donors (Lipinski definition) is 2. The Kier molecular flexibility index (Phi) is 12.2. The molecule has 10 nitrogen and oxygen atoms in total. The molecule has 2 N–H and O–H groups in total. The minimum atomic E-state index is -4.01. The summed E-state index contributed by atoms with van der Waals surface area (Å²) in [6.45, 7) is 10.7. The average Bonchev–Trinajstić information content (AvgIpc) is 3.54. The molecule has 5 aromatic rings. The van der Waals surface area contributed by atoms with Gasteiger partial charge >= 0.3 is 5.69 Å². The molecular formula is C43H51N3O7SSi. The van der Waals surface area contributed by atoms with Crippen LogP contribution in [0.3, 0.4) is 0 Å². The highest BCUT2D eigenvalue weighted by Crippen LogP contribution is 2.43. The van der Waals surface area contributed by atoms with E-state index in [4.69, 9.17) is 13.9 Å². The van der Waals surface area contributed by atoms with Crippen LogP contribution in [0.4, 0.5) is 0 Å². The van der Waals surface area contributed by atoms with Crippen LogP contribution in [-0.4, -0.2) is 62.6 Å². The maximum Gasteiger partial charge on any atom is 0.330 e. The molecule has 0 aliphatic carbocycles. The van der Waals surface area contributed by atoms with Crippen molar-refractivity contribution in [1.29, 1.82) is 0 Å². The third-order valence-corrected chi connectivity index (χ3v) is 17.6. The number of aromatic nitrogens is 2. The summed E-state index contributed by atoms with van der Waals surface area (Å²) >= 11 is 0. The Morgan fingerprint density at radius 1 is 0.782 bits per heavy atom. The Hall–Kier alpha value is -4.43. The van der Waals surface area contributed by atoms with Crippen molar-refractivity contribution in [3.05, 3.63) is 177 Å². The Morgan fingerprint density at radius 2 is 1.29 bits per heavy atom. The van der Waals surface area contributed by atoms with E-state index in [9.17, 15) is 18.0 Å². The van der Waals surface area contributed by atoms with Crippen LogP contribution in [0, 0.1) is 0 Å². The van der Waals surface area contributed by atoms with E-state index in [0.717, 1.165) is 22.3 Å². The number of sulfone groups is 1. The average molecular weight is 782 g/mol. The highest BCUT2D eigenvalue weighted by molar-refractivity contribution is 7.92. The van der Waals surface area contributed by atoms with Crippen molar-refractivity contribution in [3.63, 3.8) is 0 Å². The zero-order chi connectivity index (χ0) is 39.3. The Bertz CT molecular complexity index is 2130. The van der Waals surface area contributed by atoms with E-state index in [0.29, 0.717) is 6.54 Å². The van der Waals surface area contributed by atoms with E-state index in [1.165, 1.54) is 16.8 Å². The van der Waals surface area contributed by atoms with Crippen LogP contribution >= 0.6 is 0 Å². The number of rotatable bonds is 15. The maximum absolute atomic E-state index is 14.9. The lowest BCUT2D eigenvalue weighted by atomic mass is 9.80. The van der Waals surface area contributed by atoms with Crippen molar-refractivity contribution < 1.29 is 22.3 Å². The van der Waals surface area contributed by atoms with Gasteiger partial charge < -0.3 is 19.2 Å². The number of hydrogen-bond acceptors (Lipinski definition) is 8. The van der Waals surface area contributed by atoms with Gasteiger partial charge in [0.25, 0.3) is 5.56 Å². The lowest BCUT2D eigenvalue weighted by Crippen LogP contribution is -2.51. The summed E-state index contributed by atoms with van der Waals surface area (Å²) < 4.78 is 51.2. The molecular weight excluding hydrogens is 731 g/mol. The fourth-order valence-corrected chi connectivity index (χ4v) is 10.0. The van der Waals surface area contributed by atoms with Crippen LogP contribution in [0.25, 0.3) is 0 Å². The fraction of sp³-hybridized carbons (Fsp3) is 0.349. The second-order valence-corrected chi connectivity index (χ2v) is 22.6. The molecule has 1 aliphatic heterocycles. The van der Waals surface area contributed by atoms with Gasteiger partial charge in [0.05, 0.1) is 18.4 Å². The number of nitrogens with zero attached hydrogens (tertiary/aromatic N) is 1. The first-order valence-corrected chi connectivity index (χ1v) is 23.3. The number of ether oxygens (including phenoxy) is 2. The minimum Gasteiger partial charge on any atom is -0.416 e. The second-order valence-electron chi connectivity index (χ2n) is 15.5. The largest absolute Gasteiger partial charge is 0.416 e. The first-order chi connectivity index (χ1) is 26.2. The van der Waals surface area contributed by atoms with Gasteiger partial charge in [0.1, 0.15) is 17.0 Å². The Balaban J connectivity index is 1.45. The Morgan fingerprint density at radius 3 is 1.78 bits per heavy atom. The number of aromatic amines is 1. The predicted octanol–water partition coefficient (Wildman–Crippen LogP) is 6.41. The van der Waals surface area contributed by atoms with E-state index in [-0.39, 0.29) is 24.0 Å². The van der Waals surface area contributed by atoms with E-state index < -0.39 is 58.6 Å². The topological polar surface area (TPSA) is 129 Å². The first kappa shape index (κ1) is 40.2. The molecule has 2 heterocycles. The van der Waals surface area contributed by atoms with Gasteiger partial charge in [0, 0.05) is 25.4 Å². The quantitative estimate of drug-likeness (QED) is 0.0923. The van der Waals surface area contributed by atoms with Crippen molar-refractivity contribution in [2.24, 2.45) is 0 Å². The molecule has 1 saturated heterocycles. The van der Waals surface area contributed by atoms with Crippen molar-refractivity contribution in [2.45, 2.75) is 74.7 Å². The molecule has 290 valence electrons. The summed E-state index contributed by atoms with van der Waals surface area (Å²) in [7, 11) is -6.30. The van der Waals surface area contributed by atoms with E-state index in [1.54, 1.807) is 0 Å². The third kappa shape index (κ3) is 8.85. The van der Waals surface area contributed by atoms with Crippen LogP contribution in [0.15, 0.2) is 143 Å². The molecule has 1 aliphatic rings. The highest BCUT2D eigenvalue weighted by atomic mass is 32.2. The normalized spacial score (nSPS) is 19.4. The summed E-state index contributed by atoms with van der Waals surface area (Å²) in [5.74, 6) is -0.262. The summed E-state index contributed by atoms with van der Waals surface area (Å²) in [5.41, 5.74) is 1.02. The minimum absolute atomic E-state index is 0.0135. The van der Waals surface area contributed by atoms with Gasteiger partial charge in [-0.1, -0.05) is 142 Å². The number of benzene rings is 4. The molecule has 1 aromatic heterocycles. The van der Waals surface area contributed by atoms with Crippen molar-refractivity contribution >= 4 is 18.2 Å². The molecule has 0 unspecified atom stereocenters. The van der Waals surface area contributed by atoms with Gasteiger partial charge in [-0.15, -0.1) is 0 Å². The maximum atomic E-state index is 14.9. The van der Waals surface area contributed by atoms with E-state index >= 15 is 0 Å². The van der Waals surface area contributed by atoms with Crippen molar-refractivity contribution in [2.75, 3.05) is 19.0 Å². The Labute approximate surface area is 324 Å².